The lowest BCUT2D eigenvalue weighted by Gasteiger charge is -2.23. The van der Waals surface area contributed by atoms with E-state index in [1.807, 2.05) is 0 Å². The summed E-state index contributed by atoms with van der Waals surface area (Å²) >= 11 is 0. The summed E-state index contributed by atoms with van der Waals surface area (Å²) in [7, 11) is 0. The molecule has 4 heteroatoms. The highest BCUT2D eigenvalue weighted by Gasteiger charge is 2.15. The minimum absolute atomic E-state index is 0.0132. The average molecular weight is 228 g/mol. The van der Waals surface area contributed by atoms with Crippen LogP contribution in [0.2, 0.25) is 0 Å². The van der Waals surface area contributed by atoms with Gasteiger partial charge in [0.1, 0.15) is 6.61 Å². The van der Waals surface area contributed by atoms with Crippen molar-refractivity contribution < 1.29 is 9.53 Å². The molecule has 94 valence electrons. The first-order chi connectivity index (χ1) is 7.76. The SMILES string of the molecule is CCC(CC)NC(=O)CO[C@H]1CCCNC1. The van der Waals surface area contributed by atoms with E-state index >= 15 is 0 Å². The van der Waals surface area contributed by atoms with E-state index in [0.717, 1.165) is 38.8 Å². The highest BCUT2D eigenvalue weighted by molar-refractivity contribution is 5.77. The van der Waals surface area contributed by atoms with Crippen LogP contribution in [-0.2, 0) is 9.53 Å². The highest BCUT2D eigenvalue weighted by Crippen LogP contribution is 2.05. The topological polar surface area (TPSA) is 50.4 Å². The third kappa shape index (κ3) is 4.94. The maximum Gasteiger partial charge on any atom is 0.246 e. The van der Waals surface area contributed by atoms with Crippen LogP contribution in [0.25, 0.3) is 0 Å². The van der Waals surface area contributed by atoms with Crippen LogP contribution in [0, 0.1) is 0 Å². The predicted molar refractivity (Wildman–Crippen MR) is 64.4 cm³/mol. The van der Waals surface area contributed by atoms with Crippen LogP contribution in [-0.4, -0.2) is 37.7 Å². The van der Waals surface area contributed by atoms with Crippen LogP contribution >= 0.6 is 0 Å². The Morgan fingerprint density at radius 2 is 2.25 bits per heavy atom. The molecule has 1 heterocycles. The second kappa shape index (κ2) is 7.63. The Balaban J connectivity index is 2.13. The number of hydrogen-bond donors (Lipinski definition) is 2. The molecule has 0 spiro atoms. The zero-order chi connectivity index (χ0) is 11.8. The molecule has 1 aliphatic rings. The maximum absolute atomic E-state index is 11.6. The molecule has 0 radical (unpaired) electrons. The van der Waals surface area contributed by atoms with Gasteiger partial charge in [0, 0.05) is 12.6 Å². The molecule has 0 aromatic carbocycles. The molecule has 0 aromatic heterocycles. The van der Waals surface area contributed by atoms with Crippen LogP contribution < -0.4 is 10.6 Å². The highest BCUT2D eigenvalue weighted by atomic mass is 16.5. The van der Waals surface area contributed by atoms with Crippen LogP contribution in [0.1, 0.15) is 39.5 Å². The maximum atomic E-state index is 11.6. The largest absolute Gasteiger partial charge is 0.367 e. The number of hydrogen-bond acceptors (Lipinski definition) is 3. The molecule has 2 N–H and O–H groups in total. The Labute approximate surface area is 98.1 Å². The van der Waals surface area contributed by atoms with E-state index in [-0.39, 0.29) is 18.6 Å². The monoisotopic (exact) mass is 228 g/mol. The predicted octanol–water partition coefficient (Wildman–Crippen LogP) is 1.06. The lowest BCUT2D eigenvalue weighted by atomic mass is 10.1. The van der Waals surface area contributed by atoms with Crippen LogP contribution in [0.3, 0.4) is 0 Å². The number of rotatable bonds is 6. The number of piperidine rings is 1. The Morgan fingerprint density at radius 3 is 2.81 bits per heavy atom. The molecule has 1 saturated heterocycles. The molecule has 1 rings (SSSR count). The fourth-order valence-corrected chi connectivity index (χ4v) is 1.92. The second-order valence-corrected chi connectivity index (χ2v) is 4.36. The third-order valence-electron chi connectivity index (χ3n) is 3.05. The van der Waals surface area contributed by atoms with Crippen LogP contribution in [0.5, 0.6) is 0 Å². The third-order valence-corrected chi connectivity index (χ3v) is 3.05. The van der Waals surface area contributed by atoms with E-state index in [1.165, 1.54) is 0 Å². The molecule has 16 heavy (non-hydrogen) atoms. The molecule has 1 atom stereocenters. The summed E-state index contributed by atoms with van der Waals surface area (Å²) in [5, 5.41) is 6.24. The zero-order valence-electron chi connectivity index (χ0n) is 10.4. The second-order valence-electron chi connectivity index (χ2n) is 4.36. The number of nitrogens with one attached hydrogen (secondary N) is 2. The summed E-state index contributed by atoms with van der Waals surface area (Å²) in [6, 6.07) is 0.292. The summed E-state index contributed by atoms with van der Waals surface area (Å²) in [5.41, 5.74) is 0. The van der Waals surface area contributed by atoms with Crippen molar-refractivity contribution >= 4 is 5.91 Å². The molecule has 0 aromatic rings. The standard InChI is InChI=1S/C12H24N2O2/c1-3-10(4-2)14-12(15)9-16-11-6-5-7-13-8-11/h10-11,13H,3-9H2,1-2H3,(H,14,15)/t11-/m0/s1. The summed E-state index contributed by atoms with van der Waals surface area (Å²) in [5.74, 6) is 0.0132. The van der Waals surface area contributed by atoms with E-state index in [2.05, 4.69) is 24.5 Å². The number of ether oxygens (including phenoxy) is 1. The molecule has 0 saturated carbocycles. The summed E-state index contributed by atoms with van der Waals surface area (Å²) in [6.45, 7) is 6.31. The van der Waals surface area contributed by atoms with Gasteiger partial charge in [0.05, 0.1) is 6.10 Å². The summed E-state index contributed by atoms with van der Waals surface area (Å²) in [6.07, 6.45) is 4.37. The van der Waals surface area contributed by atoms with Crippen molar-refractivity contribution in [2.75, 3.05) is 19.7 Å². The van der Waals surface area contributed by atoms with Gasteiger partial charge in [-0.25, -0.2) is 0 Å². The molecular formula is C12H24N2O2. The lowest BCUT2D eigenvalue weighted by Crippen LogP contribution is -2.40. The van der Waals surface area contributed by atoms with Crippen molar-refractivity contribution in [1.29, 1.82) is 0 Å². The van der Waals surface area contributed by atoms with Gasteiger partial charge in [0.25, 0.3) is 0 Å². The van der Waals surface area contributed by atoms with Crippen molar-refractivity contribution in [1.82, 2.24) is 10.6 Å². The van der Waals surface area contributed by atoms with Gasteiger partial charge in [-0.1, -0.05) is 13.8 Å². The van der Waals surface area contributed by atoms with Gasteiger partial charge in [-0.15, -0.1) is 0 Å². The number of amides is 1. The Morgan fingerprint density at radius 1 is 1.50 bits per heavy atom. The number of carbonyl (C=O) groups is 1. The van der Waals surface area contributed by atoms with Gasteiger partial charge in [-0.05, 0) is 32.2 Å². The van der Waals surface area contributed by atoms with Gasteiger partial charge in [-0.3, -0.25) is 4.79 Å². The van der Waals surface area contributed by atoms with Crippen LogP contribution in [0.15, 0.2) is 0 Å². The summed E-state index contributed by atoms with van der Waals surface area (Å²) < 4.78 is 5.56. The zero-order valence-corrected chi connectivity index (χ0v) is 10.4. The minimum atomic E-state index is 0.0132. The first-order valence-electron chi connectivity index (χ1n) is 6.38. The quantitative estimate of drug-likeness (QED) is 0.714. The van der Waals surface area contributed by atoms with Crippen molar-refractivity contribution in [2.45, 2.75) is 51.7 Å². The van der Waals surface area contributed by atoms with Gasteiger partial charge in [-0.2, -0.15) is 0 Å². The molecular weight excluding hydrogens is 204 g/mol. The van der Waals surface area contributed by atoms with Gasteiger partial charge >= 0.3 is 0 Å². The smallest absolute Gasteiger partial charge is 0.246 e. The normalized spacial score (nSPS) is 21.1. The Kier molecular flexibility index (Phi) is 6.42. The van der Waals surface area contributed by atoms with E-state index in [4.69, 9.17) is 4.74 Å². The minimum Gasteiger partial charge on any atom is -0.367 e. The van der Waals surface area contributed by atoms with Gasteiger partial charge in [0.15, 0.2) is 0 Å². The molecule has 1 aliphatic heterocycles. The lowest BCUT2D eigenvalue weighted by molar-refractivity contribution is -0.128. The molecule has 0 unspecified atom stereocenters. The Bertz CT molecular complexity index is 199. The molecule has 0 aliphatic carbocycles. The summed E-state index contributed by atoms with van der Waals surface area (Å²) in [4.78, 5) is 11.6. The number of carbonyl (C=O) groups excluding carboxylic acids is 1. The first kappa shape index (κ1) is 13.5. The molecule has 1 amide bonds. The average Bonchev–Trinajstić information content (AvgIpc) is 2.34. The van der Waals surface area contributed by atoms with Crippen molar-refractivity contribution in [3.63, 3.8) is 0 Å². The van der Waals surface area contributed by atoms with Crippen molar-refractivity contribution in [3.8, 4) is 0 Å². The Hall–Kier alpha value is -0.610. The van der Waals surface area contributed by atoms with Gasteiger partial charge < -0.3 is 15.4 Å². The fourth-order valence-electron chi connectivity index (χ4n) is 1.92. The van der Waals surface area contributed by atoms with Crippen LogP contribution in [0.4, 0.5) is 0 Å². The van der Waals surface area contributed by atoms with E-state index in [1.54, 1.807) is 0 Å². The molecule has 4 nitrogen and oxygen atoms in total. The molecule has 1 fully saturated rings. The first-order valence-corrected chi connectivity index (χ1v) is 6.38. The van der Waals surface area contributed by atoms with Crippen molar-refractivity contribution in [2.24, 2.45) is 0 Å². The van der Waals surface area contributed by atoms with E-state index < -0.39 is 0 Å². The van der Waals surface area contributed by atoms with Crippen molar-refractivity contribution in [3.05, 3.63) is 0 Å². The molecule has 0 bridgehead atoms. The fraction of sp³-hybridized carbons (Fsp3) is 0.917. The van der Waals surface area contributed by atoms with E-state index in [9.17, 15) is 4.79 Å². The van der Waals surface area contributed by atoms with E-state index in [0.29, 0.717) is 6.04 Å². The van der Waals surface area contributed by atoms with Gasteiger partial charge in [0.2, 0.25) is 5.91 Å².